The van der Waals surface area contributed by atoms with Gasteiger partial charge < -0.3 is 9.72 Å². The summed E-state index contributed by atoms with van der Waals surface area (Å²) in [7, 11) is 0. The van der Waals surface area contributed by atoms with E-state index in [-0.39, 0.29) is 36.6 Å². The lowest BCUT2D eigenvalue weighted by molar-refractivity contribution is -0.141. The van der Waals surface area contributed by atoms with Crippen LogP contribution in [0.5, 0.6) is 5.75 Å². The fraction of sp³-hybridized carbons (Fsp3) is 0.200. The van der Waals surface area contributed by atoms with Crippen LogP contribution in [0.25, 0.3) is 5.82 Å². The van der Waals surface area contributed by atoms with Crippen molar-refractivity contribution in [2.45, 2.75) is 6.18 Å². The van der Waals surface area contributed by atoms with Gasteiger partial charge in [0.15, 0.2) is 18.2 Å². The lowest BCUT2D eigenvalue weighted by atomic mass is 10.3. The summed E-state index contributed by atoms with van der Waals surface area (Å²) < 4.78 is 43.6. The van der Waals surface area contributed by atoms with Gasteiger partial charge in [-0.05, 0) is 12.1 Å². The van der Waals surface area contributed by atoms with Crippen molar-refractivity contribution in [3.63, 3.8) is 0 Å². The molecule has 0 aliphatic carbocycles. The molecular formula is C15H9F3N4O4. The number of halogens is 3. The minimum absolute atomic E-state index is 0.0390. The minimum Gasteiger partial charge on any atom is -0.480 e. The summed E-state index contributed by atoms with van der Waals surface area (Å²) in [6.45, 7) is -0.402. The lowest BCUT2D eigenvalue weighted by Crippen LogP contribution is -2.40. The monoisotopic (exact) mass is 366 g/mol. The van der Waals surface area contributed by atoms with E-state index in [2.05, 4.69) is 10.9 Å². The molecule has 0 saturated carbocycles. The number of pyridine rings is 1. The third kappa shape index (κ3) is 2.92. The Morgan fingerprint density at radius 1 is 1.31 bits per heavy atom. The highest BCUT2D eigenvalue weighted by Gasteiger charge is 2.33. The molecule has 3 rings (SSSR count). The Labute approximate surface area is 142 Å². The van der Waals surface area contributed by atoms with Crippen molar-refractivity contribution < 1.29 is 22.7 Å². The number of ether oxygens (including phenoxy) is 1. The second-order valence-electron chi connectivity index (χ2n) is 5.12. The first-order valence-electron chi connectivity index (χ1n) is 7.04. The van der Waals surface area contributed by atoms with Crippen LogP contribution in [0.4, 0.5) is 19.0 Å². The number of nitrogens with zero attached hydrogens (tertiary/aromatic N) is 3. The van der Waals surface area contributed by atoms with Gasteiger partial charge in [-0.25, -0.2) is 14.3 Å². The van der Waals surface area contributed by atoms with E-state index in [1.165, 1.54) is 12.1 Å². The SMILES string of the molecule is C#CCN1C(=O)COc2ccc(-n3c(=O)cc(C(F)(F)F)[nH]c3=O)nc21. The summed E-state index contributed by atoms with van der Waals surface area (Å²) in [5.74, 6) is 1.62. The van der Waals surface area contributed by atoms with Crippen LogP contribution in [0, 0.1) is 12.3 Å². The number of carbonyl (C=O) groups excluding carboxylic acids is 1. The highest BCUT2D eigenvalue weighted by molar-refractivity contribution is 5.97. The van der Waals surface area contributed by atoms with Crippen LogP contribution in [0.15, 0.2) is 27.8 Å². The summed E-state index contributed by atoms with van der Waals surface area (Å²) in [5, 5.41) is 0. The molecule has 0 atom stereocenters. The standard InChI is InChI=1S/C15H9F3N4O4/c1-2-5-21-12(24)7-26-8-3-4-10(20-13(8)21)22-11(23)6-9(15(16,17)18)19-14(22)25/h1,3-4,6H,5,7H2,(H,19,25). The van der Waals surface area contributed by atoms with Gasteiger partial charge in [0.05, 0.1) is 6.54 Å². The normalized spacial score (nSPS) is 13.8. The van der Waals surface area contributed by atoms with E-state index in [4.69, 9.17) is 11.2 Å². The molecule has 1 N–H and O–H groups in total. The number of rotatable bonds is 2. The lowest BCUT2D eigenvalue weighted by Gasteiger charge is -2.26. The first kappa shape index (κ1) is 17.3. The Hall–Kier alpha value is -3.55. The summed E-state index contributed by atoms with van der Waals surface area (Å²) in [5.41, 5.74) is -4.04. The molecule has 0 bridgehead atoms. The van der Waals surface area contributed by atoms with Crippen LogP contribution in [0.2, 0.25) is 0 Å². The maximum absolute atomic E-state index is 12.7. The van der Waals surface area contributed by atoms with Crippen molar-refractivity contribution in [2.75, 3.05) is 18.1 Å². The molecule has 1 aliphatic heterocycles. The number of hydrogen-bond acceptors (Lipinski definition) is 5. The average Bonchev–Trinajstić information content (AvgIpc) is 2.56. The maximum atomic E-state index is 12.7. The van der Waals surface area contributed by atoms with E-state index >= 15 is 0 Å². The average molecular weight is 366 g/mol. The van der Waals surface area contributed by atoms with Gasteiger partial charge in [0, 0.05) is 6.07 Å². The van der Waals surface area contributed by atoms with E-state index in [1.807, 2.05) is 0 Å². The molecule has 2 aromatic heterocycles. The molecule has 0 unspecified atom stereocenters. The molecule has 1 amide bonds. The van der Waals surface area contributed by atoms with Gasteiger partial charge in [-0.15, -0.1) is 6.42 Å². The maximum Gasteiger partial charge on any atom is 0.431 e. The number of aromatic nitrogens is 3. The van der Waals surface area contributed by atoms with Gasteiger partial charge in [-0.3, -0.25) is 14.5 Å². The van der Waals surface area contributed by atoms with Crippen LogP contribution in [-0.2, 0) is 11.0 Å². The molecule has 26 heavy (non-hydrogen) atoms. The van der Waals surface area contributed by atoms with Crippen molar-refractivity contribution in [1.82, 2.24) is 14.5 Å². The van der Waals surface area contributed by atoms with E-state index < -0.39 is 29.0 Å². The number of aromatic amines is 1. The molecule has 0 aromatic carbocycles. The number of anilines is 1. The number of carbonyl (C=O) groups is 1. The smallest absolute Gasteiger partial charge is 0.431 e. The minimum atomic E-state index is -4.88. The molecule has 8 nitrogen and oxygen atoms in total. The topological polar surface area (TPSA) is 97.3 Å². The van der Waals surface area contributed by atoms with Gasteiger partial charge in [0.25, 0.3) is 11.5 Å². The molecule has 1 aliphatic rings. The Kier molecular flexibility index (Phi) is 4.03. The Morgan fingerprint density at radius 3 is 2.65 bits per heavy atom. The molecule has 0 spiro atoms. The Bertz CT molecular complexity index is 1020. The zero-order valence-corrected chi connectivity index (χ0v) is 12.8. The first-order chi connectivity index (χ1) is 12.2. The summed E-state index contributed by atoms with van der Waals surface area (Å²) in [6.07, 6.45) is 0.320. The fourth-order valence-corrected chi connectivity index (χ4v) is 2.31. The fourth-order valence-electron chi connectivity index (χ4n) is 2.31. The van der Waals surface area contributed by atoms with Crippen LogP contribution in [0.1, 0.15) is 5.69 Å². The van der Waals surface area contributed by atoms with Gasteiger partial charge in [-0.2, -0.15) is 13.2 Å². The molecule has 0 fully saturated rings. The number of amides is 1. The summed E-state index contributed by atoms with van der Waals surface area (Å²) >= 11 is 0. The van der Waals surface area contributed by atoms with E-state index in [0.29, 0.717) is 4.57 Å². The zero-order chi connectivity index (χ0) is 19.1. The second kappa shape index (κ2) is 6.07. The predicted octanol–water partition coefficient (Wildman–Crippen LogP) is 0.298. The molecule has 11 heteroatoms. The van der Waals surface area contributed by atoms with Crippen molar-refractivity contribution in [3.05, 3.63) is 44.7 Å². The highest BCUT2D eigenvalue weighted by atomic mass is 19.4. The number of H-pyrrole nitrogens is 1. The largest absolute Gasteiger partial charge is 0.480 e. The van der Waals surface area contributed by atoms with E-state index in [9.17, 15) is 27.6 Å². The predicted molar refractivity (Wildman–Crippen MR) is 82.1 cm³/mol. The van der Waals surface area contributed by atoms with Gasteiger partial charge in [-0.1, -0.05) is 5.92 Å². The zero-order valence-electron chi connectivity index (χ0n) is 12.8. The van der Waals surface area contributed by atoms with E-state index in [0.717, 1.165) is 4.90 Å². The van der Waals surface area contributed by atoms with E-state index in [1.54, 1.807) is 4.98 Å². The molecule has 134 valence electrons. The quantitative estimate of drug-likeness (QED) is 0.771. The van der Waals surface area contributed by atoms with Crippen molar-refractivity contribution >= 4 is 11.7 Å². The molecule has 3 heterocycles. The molecule has 0 radical (unpaired) electrons. The van der Waals surface area contributed by atoms with Crippen molar-refractivity contribution in [1.29, 1.82) is 0 Å². The number of fused-ring (bicyclic) bond motifs is 1. The van der Waals surface area contributed by atoms with Gasteiger partial charge in [0.1, 0.15) is 11.5 Å². The van der Waals surface area contributed by atoms with Gasteiger partial charge >= 0.3 is 11.9 Å². The van der Waals surface area contributed by atoms with Gasteiger partial charge in [0.2, 0.25) is 0 Å². The number of nitrogens with one attached hydrogen (secondary N) is 1. The van der Waals surface area contributed by atoms with Crippen LogP contribution in [0.3, 0.4) is 0 Å². The molecule has 2 aromatic rings. The third-order valence-corrected chi connectivity index (χ3v) is 3.45. The van der Waals surface area contributed by atoms with Crippen LogP contribution < -0.4 is 20.9 Å². The number of hydrogen-bond donors (Lipinski definition) is 1. The van der Waals surface area contributed by atoms with Crippen molar-refractivity contribution in [3.8, 4) is 23.9 Å². The number of alkyl halides is 3. The first-order valence-corrected chi connectivity index (χ1v) is 7.04. The molecule has 0 saturated heterocycles. The number of terminal acetylenes is 1. The summed E-state index contributed by atoms with van der Waals surface area (Å²) in [6, 6.07) is 2.77. The van der Waals surface area contributed by atoms with Crippen LogP contribution in [-0.4, -0.2) is 33.6 Å². The Balaban J connectivity index is 2.16. The Morgan fingerprint density at radius 2 is 2.04 bits per heavy atom. The molecular weight excluding hydrogens is 357 g/mol. The third-order valence-electron chi connectivity index (χ3n) is 3.45. The van der Waals surface area contributed by atoms with Crippen LogP contribution >= 0.6 is 0 Å². The second-order valence-corrected chi connectivity index (χ2v) is 5.12. The van der Waals surface area contributed by atoms with Crippen molar-refractivity contribution in [2.24, 2.45) is 0 Å². The highest BCUT2D eigenvalue weighted by Crippen LogP contribution is 2.30. The summed E-state index contributed by atoms with van der Waals surface area (Å²) in [4.78, 5) is 42.5.